The lowest BCUT2D eigenvalue weighted by molar-refractivity contribution is -0.117. The van der Waals surface area contributed by atoms with Gasteiger partial charge in [0, 0.05) is 10.7 Å². The number of Topliss-reactive ketones (excluding diaryl/α,β-unsaturated/α-hetero) is 1. The second kappa shape index (κ2) is 5.81. The molecule has 2 aromatic rings. The summed E-state index contributed by atoms with van der Waals surface area (Å²) < 4.78 is 26.6. The maximum atomic E-state index is 13.3. The number of benzene rings is 2. The molecule has 0 N–H and O–H groups in total. The van der Waals surface area contributed by atoms with Gasteiger partial charge in [-0.2, -0.15) is 0 Å². The highest BCUT2D eigenvalue weighted by molar-refractivity contribution is 7.96. The molecule has 0 atom stereocenters. The van der Waals surface area contributed by atoms with E-state index in [4.69, 9.17) is 11.6 Å². The summed E-state index contributed by atoms with van der Waals surface area (Å²) in [6, 6.07) is 11.9. The van der Waals surface area contributed by atoms with Crippen LogP contribution in [0.25, 0.3) is 6.08 Å². The molecule has 6 heteroatoms. The zero-order valence-electron chi connectivity index (χ0n) is 15.2. The minimum Gasteiger partial charge on any atom is -0.327 e. The molecule has 2 aliphatic rings. The van der Waals surface area contributed by atoms with Crippen molar-refractivity contribution in [2.75, 3.05) is 4.90 Å². The maximum absolute atomic E-state index is 13.3. The van der Waals surface area contributed by atoms with Crippen LogP contribution in [0.3, 0.4) is 0 Å². The van der Waals surface area contributed by atoms with E-state index in [0.29, 0.717) is 10.7 Å². The van der Waals surface area contributed by atoms with E-state index in [1.54, 1.807) is 67.3 Å². The number of rotatable bonds is 2. The third-order valence-corrected chi connectivity index (χ3v) is 7.11. The number of carbonyl (C=O) groups is 1. The summed E-state index contributed by atoms with van der Waals surface area (Å²) in [6.07, 6.45) is 3.48. The highest BCUT2D eigenvalue weighted by Crippen LogP contribution is 2.46. The molecule has 0 amide bonds. The molecule has 0 fully saturated rings. The van der Waals surface area contributed by atoms with Crippen molar-refractivity contribution in [1.29, 1.82) is 0 Å². The summed E-state index contributed by atoms with van der Waals surface area (Å²) in [4.78, 5) is 15.0. The summed E-state index contributed by atoms with van der Waals surface area (Å²) in [7, 11) is -3.95. The monoisotopic (exact) mass is 399 g/mol. The minimum absolute atomic E-state index is 0.122. The van der Waals surface area contributed by atoms with Gasteiger partial charge in [-0.3, -0.25) is 4.79 Å². The van der Waals surface area contributed by atoms with Crippen LogP contribution in [0.2, 0.25) is 5.02 Å². The first-order valence-corrected chi connectivity index (χ1v) is 10.4. The lowest BCUT2D eigenvalue weighted by atomic mass is 9.97. The van der Waals surface area contributed by atoms with E-state index in [-0.39, 0.29) is 9.80 Å². The second-order valence-electron chi connectivity index (χ2n) is 7.29. The Morgan fingerprint density at radius 1 is 1.00 bits per heavy atom. The quantitative estimate of drug-likeness (QED) is 0.744. The molecule has 0 spiro atoms. The second-order valence-corrected chi connectivity index (χ2v) is 9.61. The van der Waals surface area contributed by atoms with Crippen molar-refractivity contribution in [3.8, 4) is 0 Å². The van der Waals surface area contributed by atoms with Crippen molar-refractivity contribution in [3.05, 3.63) is 75.3 Å². The molecule has 0 unspecified atom stereocenters. The van der Waals surface area contributed by atoms with Crippen molar-refractivity contribution >= 4 is 39.0 Å². The summed E-state index contributed by atoms with van der Waals surface area (Å²) in [5.74, 6) is -0.412. The Balaban J connectivity index is 1.97. The molecular weight excluding hydrogens is 382 g/mol. The summed E-state index contributed by atoms with van der Waals surface area (Å²) >= 11 is 6.09. The maximum Gasteiger partial charge on any atom is 0.212 e. The van der Waals surface area contributed by atoms with Gasteiger partial charge in [0.05, 0.1) is 10.6 Å². The van der Waals surface area contributed by atoms with Crippen LogP contribution in [0.1, 0.15) is 25.0 Å². The molecule has 0 aliphatic carbocycles. The van der Waals surface area contributed by atoms with Gasteiger partial charge in [0.2, 0.25) is 15.6 Å². The van der Waals surface area contributed by atoms with Gasteiger partial charge in [-0.25, -0.2) is 8.42 Å². The van der Waals surface area contributed by atoms with Crippen LogP contribution in [0.4, 0.5) is 5.69 Å². The molecule has 2 aromatic carbocycles. The van der Waals surface area contributed by atoms with Gasteiger partial charge in [0.25, 0.3) is 0 Å². The lowest BCUT2D eigenvalue weighted by Crippen LogP contribution is -2.45. The number of carbonyl (C=O) groups excluding carboxylic acids is 1. The highest BCUT2D eigenvalue weighted by atomic mass is 35.5. The van der Waals surface area contributed by atoms with E-state index in [1.165, 1.54) is 0 Å². The van der Waals surface area contributed by atoms with Gasteiger partial charge >= 0.3 is 0 Å². The molecule has 4 rings (SSSR count). The molecule has 27 heavy (non-hydrogen) atoms. The van der Waals surface area contributed by atoms with Crippen molar-refractivity contribution < 1.29 is 13.2 Å². The zero-order chi connectivity index (χ0) is 19.6. The van der Waals surface area contributed by atoms with Gasteiger partial charge in [-0.1, -0.05) is 35.4 Å². The summed E-state index contributed by atoms with van der Waals surface area (Å²) in [6.45, 7) is 5.37. The first kappa shape index (κ1) is 18.0. The number of hydrogen-bond acceptors (Lipinski definition) is 4. The Morgan fingerprint density at radius 2 is 1.67 bits per heavy atom. The summed E-state index contributed by atoms with van der Waals surface area (Å²) in [5, 5.41) is 0.585. The number of allylic oxidation sites excluding steroid dienone is 1. The molecule has 0 saturated carbocycles. The Bertz CT molecular complexity index is 1140. The fourth-order valence-corrected chi connectivity index (χ4v) is 5.44. The van der Waals surface area contributed by atoms with Crippen LogP contribution in [-0.4, -0.2) is 19.7 Å². The van der Waals surface area contributed by atoms with E-state index in [0.717, 1.165) is 16.8 Å². The van der Waals surface area contributed by atoms with Crippen molar-refractivity contribution in [1.82, 2.24) is 0 Å². The number of anilines is 1. The molecule has 138 valence electrons. The standard InChI is InChI=1S/C21H18ClNO3S/c1-13-4-8-16(9-5-13)27(25,26)19-18-10-6-14-12-15(22)7-11-17(14)23(18)21(2,3)20(19)24/h4-12H,1-3H3. The highest BCUT2D eigenvalue weighted by Gasteiger charge is 2.51. The first-order valence-electron chi connectivity index (χ1n) is 8.53. The van der Waals surface area contributed by atoms with E-state index in [2.05, 4.69) is 0 Å². The van der Waals surface area contributed by atoms with Crippen LogP contribution in [0, 0.1) is 6.92 Å². The van der Waals surface area contributed by atoms with Crippen LogP contribution < -0.4 is 4.90 Å². The van der Waals surface area contributed by atoms with Gasteiger partial charge < -0.3 is 4.90 Å². The minimum atomic E-state index is -3.95. The van der Waals surface area contributed by atoms with Crippen LogP contribution in [0.5, 0.6) is 0 Å². The number of hydrogen-bond donors (Lipinski definition) is 0. The SMILES string of the molecule is Cc1ccc(S(=O)(=O)C2=C3C=Cc4cc(Cl)ccc4N3C(C)(C)C2=O)cc1. The zero-order valence-corrected chi connectivity index (χ0v) is 16.7. The molecule has 4 nitrogen and oxygen atoms in total. The van der Waals surface area contributed by atoms with Crippen LogP contribution in [0.15, 0.2) is 64.0 Å². The molecule has 0 bridgehead atoms. The largest absolute Gasteiger partial charge is 0.327 e. The van der Waals surface area contributed by atoms with Gasteiger partial charge in [-0.05, 0) is 62.7 Å². The van der Waals surface area contributed by atoms with Crippen molar-refractivity contribution in [3.63, 3.8) is 0 Å². The average molecular weight is 400 g/mol. The fourth-order valence-electron chi connectivity index (χ4n) is 3.61. The Morgan fingerprint density at radius 3 is 2.33 bits per heavy atom. The van der Waals surface area contributed by atoms with Crippen molar-refractivity contribution in [2.45, 2.75) is 31.2 Å². The predicted molar refractivity (Wildman–Crippen MR) is 107 cm³/mol. The third-order valence-electron chi connectivity index (χ3n) is 5.05. The molecule has 0 aromatic heterocycles. The van der Waals surface area contributed by atoms with Gasteiger partial charge in [0.1, 0.15) is 10.4 Å². The number of ketones is 1. The average Bonchev–Trinajstić information content (AvgIpc) is 2.82. The van der Waals surface area contributed by atoms with Gasteiger partial charge in [-0.15, -0.1) is 0 Å². The Labute approximate surface area is 163 Å². The van der Waals surface area contributed by atoms with Crippen LogP contribution in [-0.2, 0) is 14.6 Å². The Hall–Kier alpha value is -2.37. The lowest BCUT2D eigenvalue weighted by Gasteiger charge is -2.36. The topological polar surface area (TPSA) is 54.5 Å². The first-order chi connectivity index (χ1) is 12.6. The number of halogens is 1. The molecule has 2 aliphatic heterocycles. The number of aryl methyl sites for hydroxylation is 1. The van der Waals surface area contributed by atoms with E-state index >= 15 is 0 Å². The van der Waals surface area contributed by atoms with Gasteiger partial charge in [0.15, 0.2) is 0 Å². The Kier molecular flexibility index (Phi) is 3.88. The predicted octanol–water partition coefficient (Wildman–Crippen LogP) is 4.53. The number of fused-ring (bicyclic) bond motifs is 3. The number of nitrogens with zero attached hydrogens (tertiary/aromatic N) is 1. The third kappa shape index (κ3) is 2.57. The molecule has 0 saturated heterocycles. The number of sulfone groups is 1. The van der Waals surface area contributed by atoms with Crippen LogP contribution >= 0.6 is 11.6 Å². The molecular formula is C21H18ClNO3S. The van der Waals surface area contributed by atoms with E-state index in [1.807, 2.05) is 13.0 Å². The van der Waals surface area contributed by atoms with E-state index in [9.17, 15) is 13.2 Å². The molecule has 0 radical (unpaired) electrons. The normalized spacial score (nSPS) is 17.9. The molecule has 2 heterocycles. The van der Waals surface area contributed by atoms with Crippen molar-refractivity contribution in [2.24, 2.45) is 0 Å². The summed E-state index contributed by atoms with van der Waals surface area (Å²) in [5.41, 5.74) is 1.95. The smallest absolute Gasteiger partial charge is 0.212 e. The fraction of sp³-hybridized carbons (Fsp3) is 0.190. The van der Waals surface area contributed by atoms with E-state index < -0.39 is 21.2 Å².